The molecular formula is C12H8BrF2NO2S. The quantitative estimate of drug-likeness (QED) is 0.923. The molecule has 100 valence electrons. The summed E-state index contributed by atoms with van der Waals surface area (Å²) in [6, 6.07) is 9.34. The minimum atomic E-state index is -3.99. The van der Waals surface area contributed by atoms with Crippen molar-refractivity contribution >= 4 is 31.6 Å². The summed E-state index contributed by atoms with van der Waals surface area (Å²) >= 11 is 3.09. The van der Waals surface area contributed by atoms with E-state index in [0.29, 0.717) is 4.47 Å². The molecule has 2 aromatic carbocycles. The second-order valence-corrected chi connectivity index (χ2v) is 6.14. The molecule has 2 rings (SSSR count). The molecule has 0 atom stereocenters. The number of hydrogen-bond acceptors (Lipinski definition) is 2. The average Bonchev–Trinajstić information content (AvgIpc) is 2.35. The Balaban J connectivity index is 2.43. The van der Waals surface area contributed by atoms with Crippen LogP contribution in [0.5, 0.6) is 0 Å². The smallest absolute Gasteiger partial charge is 0.263 e. The van der Waals surface area contributed by atoms with Crippen LogP contribution >= 0.6 is 15.9 Å². The molecule has 7 heteroatoms. The predicted molar refractivity (Wildman–Crippen MR) is 71.3 cm³/mol. The first kappa shape index (κ1) is 14.0. The number of benzene rings is 2. The lowest BCUT2D eigenvalue weighted by Crippen LogP contribution is -2.14. The first-order chi connectivity index (χ1) is 8.92. The van der Waals surface area contributed by atoms with Crippen LogP contribution in [0.25, 0.3) is 0 Å². The Morgan fingerprint density at radius 1 is 1.00 bits per heavy atom. The fourth-order valence-electron chi connectivity index (χ4n) is 1.45. The lowest BCUT2D eigenvalue weighted by molar-refractivity contribution is 0.511. The molecule has 0 saturated carbocycles. The molecule has 0 unspecified atom stereocenters. The number of hydrogen-bond donors (Lipinski definition) is 1. The SMILES string of the molecule is O=S(=O)(Nc1cccc(F)c1F)c1ccccc1Br. The van der Waals surface area contributed by atoms with Crippen molar-refractivity contribution in [3.8, 4) is 0 Å². The summed E-state index contributed by atoms with van der Waals surface area (Å²) in [5.74, 6) is -2.36. The second kappa shape index (κ2) is 5.26. The fraction of sp³-hybridized carbons (Fsp3) is 0. The molecule has 3 nitrogen and oxygen atoms in total. The Morgan fingerprint density at radius 2 is 1.68 bits per heavy atom. The van der Waals surface area contributed by atoms with Gasteiger partial charge in [-0.25, -0.2) is 17.2 Å². The Bertz CT molecular complexity index is 719. The summed E-state index contributed by atoms with van der Waals surface area (Å²) in [6.07, 6.45) is 0. The van der Waals surface area contributed by atoms with Gasteiger partial charge in [0, 0.05) is 4.47 Å². The van der Waals surface area contributed by atoms with E-state index in [2.05, 4.69) is 15.9 Å². The maximum atomic E-state index is 13.4. The number of anilines is 1. The Morgan fingerprint density at radius 3 is 2.37 bits per heavy atom. The van der Waals surface area contributed by atoms with E-state index in [1.807, 2.05) is 4.72 Å². The number of nitrogens with one attached hydrogen (secondary N) is 1. The molecule has 0 amide bonds. The van der Waals surface area contributed by atoms with Gasteiger partial charge in [0.15, 0.2) is 11.6 Å². The van der Waals surface area contributed by atoms with Crippen molar-refractivity contribution in [1.29, 1.82) is 0 Å². The van der Waals surface area contributed by atoms with E-state index in [4.69, 9.17) is 0 Å². The van der Waals surface area contributed by atoms with Gasteiger partial charge >= 0.3 is 0 Å². The molecule has 0 aliphatic carbocycles. The lowest BCUT2D eigenvalue weighted by atomic mass is 10.3. The number of sulfonamides is 1. The summed E-state index contributed by atoms with van der Waals surface area (Å²) in [5, 5.41) is 0. The van der Waals surface area contributed by atoms with E-state index in [0.717, 1.165) is 12.1 Å². The van der Waals surface area contributed by atoms with Gasteiger partial charge in [0.2, 0.25) is 0 Å². The van der Waals surface area contributed by atoms with Crippen molar-refractivity contribution in [3.05, 3.63) is 58.6 Å². The third-order valence-electron chi connectivity index (χ3n) is 2.32. The van der Waals surface area contributed by atoms with Crippen LogP contribution in [0.15, 0.2) is 51.8 Å². The summed E-state index contributed by atoms with van der Waals surface area (Å²) in [6.45, 7) is 0. The molecule has 0 aliphatic heterocycles. The van der Waals surface area contributed by atoms with Crippen LogP contribution in [0.1, 0.15) is 0 Å². The molecule has 0 bridgehead atoms. The van der Waals surface area contributed by atoms with E-state index < -0.39 is 27.3 Å². The molecule has 2 aromatic rings. The average molecular weight is 348 g/mol. The van der Waals surface area contributed by atoms with Gasteiger partial charge in [0.05, 0.1) is 5.69 Å². The maximum Gasteiger partial charge on any atom is 0.263 e. The molecule has 0 spiro atoms. The van der Waals surface area contributed by atoms with Gasteiger partial charge in [-0.05, 0) is 40.2 Å². The molecule has 19 heavy (non-hydrogen) atoms. The molecule has 0 fully saturated rings. The summed E-state index contributed by atoms with van der Waals surface area (Å²) in [5.41, 5.74) is -0.434. The zero-order chi connectivity index (χ0) is 14.0. The minimum absolute atomic E-state index is 0.0568. The Hall–Kier alpha value is -1.47. The molecular weight excluding hydrogens is 340 g/mol. The van der Waals surface area contributed by atoms with Crippen molar-refractivity contribution in [1.82, 2.24) is 0 Å². The van der Waals surface area contributed by atoms with Crippen LogP contribution in [0.3, 0.4) is 0 Å². The highest BCUT2D eigenvalue weighted by molar-refractivity contribution is 9.10. The van der Waals surface area contributed by atoms with Gasteiger partial charge in [-0.1, -0.05) is 18.2 Å². The van der Waals surface area contributed by atoms with Crippen LogP contribution in [0, 0.1) is 11.6 Å². The van der Waals surface area contributed by atoms with Gasteiger partial charge in [0.25, 0.3) is 10.0 Å². The van der Waals surface area contributed by atoms with E-state index in [9.17, 15) is 17.2 Å². The van der Waals surface area contributed by atoms with Crippen molar-refractivity contribution in [3.63, 3.8) is 0 Å². The van der Waals surface area contributed by atoms with Crippen LogP contribution < -0.4 is 4.72 Å². The molecule has 0 radical (unpaired) electrons. The number of rotatable bonds is 3. The van der Waals surface area contributed by atoms with E-state index >= 15 is 0 Å². The van der Waals surface area contributed by atoms with Crippen molar-refractivity contribution in [2.45, 2.75) is 4.90 Å². The molecule has 0 aliphatic rings. The zero-order valence-corrected chi connectivity index (χ0v) is 11.8. The van der Waals surface area contributed by atoms with Crippen LogP contribution in [0.2, 0.25) is 0 Å². The highest BCUT2D eigenvalue weighted by Crippen LogP contribution is 2.25. The van der Waals surface area contributed by atoms with Crippen molar-refractivity contribution < 1.29 is 17.2 Å². The Labute approximate surface area is 117 Å². The number of halogens is 3. The van der Waals surface area contributed by atoms with E-state index in [-0.39, 0.29) is 4.90 Å². The minimum Gasteiger partial charge on any atom is -0.277 e. The maximum absolute atomic E-state index is 13.4. The topological polar surface area (TPSA) is 46.2 Å². The molecule has 0 saturated heterocycles. The standard InChI is InChI=1S/C12H8BrF2NO2S/c13-8-4-1-2-7-11(8)19(17,18)16-10-6-3-5-9(14)12(10)15/h1-7,16H. The van der Waals surface area contributed by atoms with Gasteiger partial charge < -0.3 is 0 Å². The first-order valence-electron chi connectivity index (χ1n) is 5.13. The molecule has 1 N–H and O–H groups in total. The largest absolute Gasteiger partial charge is 0.277 e. The van der Waals surface area contributed by atoms with Crippen LogP contribution in [-0.4, -0.2) is 8.42 Å². The molecule has 0 heterocycles. The normalized spacial score (nSPS) is 11.3. The van der Waals surface area contributed by atoms with Crippen LogP contribution in [0.4, 0.5) is 14.5 Å². The van der Waals surface area contributed by atoms with Crippen LogP contribution in [-0.2, 0) is 10.0 Å². The summed E-state index contributed by atoms with van der Waals surface area (Å²) in [4.78, 5) is -0.0568. The van der Waals surface area contributed by atoms with Gasteiger partial charge in [-0.15, -0.1) is 0 Å². The van der Waals surface area contributed by atoms with Gasteiger partial charge in [-0.3, -0.25) is 4.72 Å². The van der Waals surface area contributed by atoms with E-state index in [1.165, 1.54) is 24.3 Å². The third kappa shape index (κ3) is 2.93. The van der Waals surface area contributed by atoms with Gasteiger partial charge in [0.1, 0.15) is 4.90 Å². The van der Waals surface area contributed by atoms with Gasteiger partial charge in [-0.2, -0.15) is 0 Å². The molecule has 0 aromatic heterocycles. The van der Waals surface area contributed by atoms with Crippen molar-refractivity contribution in [2.24, 2.45) is 0 Å². The first-order valence-corrected chi connectivity index (χ1v) is 7.41. The summed E-state index contributed by atoms with van der Waals surface area (Å²) < 4.78 is 52.9. The highest BCUT2D eigenvalue weighted by atomic mass is 79.9. The zero-order valence-electron chi connectivity index (χ0n) is 9.40. The second-order valence-electron chi connectivity index (χ2n) is 3.64. The Kier molecular flexibility index (Phi) is 3.86. The third-order valence-corrected chi connectivity index (χ3v) is 4.70. The summed E-state index contributed by atoms with van der Waals surface area (Å²) in [7, 11) is -3.99. The fourth-order valence-corrected chi connectivity index (χ4v) is 3.51. The highest BCUT2D eigenvalue weighted by Gasteiger charge is 2.19. The predicted octanol–water partition coefficient (Wildman–Crippen LogP) is 3.53. The van der Waals surface area contributed by atoms with E-state index in [1.54, 1.807) is 6.07 Å². The lowest BCUT2D eigenvalue weighted by Gasteiger charge is -2.10. The monoisotopic (exact) mass is 347 g/mol. The van der Waals surface area contributed by atoms with Crippen molar-refractivity contribution in [2.75, 3.05) is 4.72 Å².